The Balaban J connectivity index is 1.22. The highest BCUT2D eigenvalue weighted by Gasteiger charge is 2.34. The molecule has 0 spiro atoms. The van der Waals surface area contributed by atoms with Gasteiger partial charge in [0, 0.05) is 24.5 Å². The number of ether oxygens (including phenoxy) is 2. The van der Waals surface area contributed by atoms with E-state index in [0.717, 1.165) is 46.6 Å². The van der Waals surface area contributed by atoms with Crippen LogP contribution in [-0.2, 0) is 18.0 Å². The van der Waals surface area contributed by atoms with Gasteiger partial charge in [-0.25, -0.2) is 14.2 Å². The van der Waals surface area contributed by atoms with Crippen LogP contribution >= 0.6 is 0 Å². The molecule has 8 heteroatoms. The second-order valence-electron chi connectivity index (χ2n) is 9.46. The van der Waals surface area contributed by atoms with Gasteiger partial charge in [-0.2, -0.15) is 0 Å². The number of carbonyl (C=O) groups excluding carboxylic acids is 1. The van der Waals surface area contributed by atoms with Crippen molar-refractivity contribution in [3.63, 3.8) is 0 Å². The molecule has 196 valence electrons. The van der Waals surface area contributed by atoms with Crippen LogP contribution in [0.15, 0.2) is 97.5 Å². The number of imidazole rings is 1. The van der Waals surface area contributed by atoms with Gasteiger partial charge in [0.15, 0.2) is 11.6 Å². The highest BCUT2D eigenvalue weighted by atomic mass is 19.1. The third kappa shape index (κ3) is 5.18. The number of benzene rings is 3. The quantitative estimate of drug-likeness (QED) is 0.241. The lowest BCUT2D eigenvalue weighted by molar-refractivity contribution is 0.0908. The number of rotatable bonds is 7. The van der Waals surface area contributed by atoms with Crippen molar-refractivity contribution in [2.75, 3.05) is 6.54 Å². The normalized spacial score (nSPS) is 15.0. The van der Waals surface area contributed by atoms with Crippen molar-refractivity contribution in [2.45, 2.75) is 32.1 Å². The molecule has 0 bridgehead atoms. The average Bonchev–Trinajstić information content (AvgIpc) is 3.62. The molecule has 39 heavy (non-hydrogen) atoms. The first-order valence-corrected chi connectivity index (χ1v) is 12.9. The molecule has 0 N–H and O–H groups in total. The predicted octanol–water partition coefficient (Wildman–Crippen LogP) is 6.59. The summed E-state index contributed by atoms with van der Waals surface area (Å²) < 4.78 is 27.2. The maximum absolute atomic E-state index is 13.9. The van der Waals surface area contributed by atoms with Crippen LogP contribution in [0.2, 0.25) is 0 Å². The van der Waals surface area contributed by atoms with E-state index in [1.54, 1.807) is 35.5 Å². The van der Waals surface area contributed by atoms with Crippen molar-refractivity contribution in [2.24, 2.45) is 0 Å². The van der Waals surface area contributed by atoms with Crippen molar-refractivity contribution in [3.8, 4) is 17.0 Å². The van der Waals surface area contributed by atoms with E-state index in [-0.39, 0.29) is 36.9 Å². The molecule has 1 atom stereocenters. The van der Waals surface area contributed by atoms with Crippen LogP contribution in [0.25, 0.3) is 16.8 Å². The molecule has 7 nitrogen and oxygen atoms in total. The maximum atomic E-state index is 13.9. The summed E-state index contributed by atoms with van der Waals surface area (Å²) in [5.74, 6) is 0.618. The van der Waals surface area contributed by atoms with Gasteiger partial charge in [-0.05, 0) is 36.1 Å². The van der Waals surface area contributed by atoms with Gasteiger partial charge in [0.2, 0.25) is 0 Å². The van der Waals surface area contributed by atoms with E-state index in [2.05, 4.69) is 4.98 Å². The lowest BCUT2D eigenvalue weighted by Gasteiger charge is -2.23. The monoisotopic (exact) mass is 522 g/mol. The standard InChI is InChI=1S/C31H27FN4O3/c32-25-9-4-5-11-28(25)38-20-23-12-14-24(15-13-23)29-27-19-33-16-18-35(27)30(34-29)26-10-6-17-36(26)31(37)39-21-22-7-2-1-3-8-22/h1-5,7-9,11-16,18-19,26H,6,10,17,20-21H2/t26-/m0/s1. The van der Waals surface area contributed by atoms with Crippen LogP contribution in [0.4, 0.5) is 9.18 Å². The molecule has 1 aliphatic rings. The molecule has 0 aliphatic carbocycles. The fraction of sp³-hybridized carbons (Fsp3) is 0.194. The first-order chi connectivity index (χ1) is 19.2. The number of hydrogen-bond acceptors (Lipinski definition) is 5. The Morgan fingerprint density at radius 1 is 0.949 bits per heavy atom. The minimum atomic E-state index is -0.386. The largest absolute Gasteiger partial charge is 0.486 e. The third-order valence-electron chi connectivity index (χ3n) is 6.92. The molecule has 3 heterocycles. The molecular weight excluding hydrogens is 495 g/mol. The maximum Gasteiger partial charge on any atom is 0.410 e. The Bertz CT molecular complexity index is 1590. The SMILES string of the molecule is O=C(OCc1ccccc1)N1CCC[C@H]1c1nc(-c2ccc(COc3ccccc3F)cc2)c2cnccn12. The lowest BCUT2D eigenvalue weighted by Crippen LogP contribution is -2.32. The molecule has 6 rings (SSSR count). The summed E-state index contributed by atoms with van der Waals surface area (Å²) >= 11 is 0. The lowest BCUT2D eigenvalue weighted by atomic mass is 10.1. The number of likely N-dealkylation sites (tertiary alicyclic amines) is 1. The number of fused-ring (bicyclic) bond motifs is 1. The van der Waals surface area contributed by atoms with Gasteiger partial charge in [-0.1, -0.05) is 66.7 Å². The van der Waals surface area contributed by atoms with Crippen LogP contribution in [0.1, 0.15) is 35.8 Å². The zero-order valence-corrected chi connectivity index (χ0v) is 21.2. The molecule has 1 saturated heterocycles. The molecule has 1 fully saturated rings. The Hall–Kier alpha value is -4.72. The number of aromatic nitrogens is 3. The van der Waals surface area contributed by atoms with E-state index in [1.807, 2.05) is 65.2 Å². The summed E-state index contributed by atoms with van der Waals surface area (Å²) in [6, 6.07) is 23.7. The number of para-hydroxylation sites is 1. The zero-order chi connectivity index (χ0) is 26.6. The van der Waals surface area contributed by atoms with E-state index in [9.17, 15) is 9.18 Å². The molecule has 3 aromatic carbocycles. The Morgan fingerprint density at radius 2 is 1.72 bits per heavy atom. The number of nitrogens with zero attached hydrogens (tertiary/aromatic N) is 4. The van der Waals surface area contributed by atoms with Crippen molar-refractivity contribution in [1.82, 2.24) is 19.3 Å². The fourth-order valence-corrected chi connectivity index (χ4v) is 4.95. The summed E-state index contributed by atoms with van der Waals surface area (Å²) in [5.41, 5.74) is 4.41. The number of halogens is 1. The first kappa shape index (κ1) is 24.6. The summed E-state index contributed by atoms with van der Waals surface area (Å²) in [5, 5.41) is 0. The van der Waals surface area contributed by atoms with Gasteiger partial charge in [-0.3, -0.25) is 14.3 Å². The Kier molecular flexibility index (Phi) is 6.91. The van der Waals surface area contributed by atoms with Gasteiger partial charge >= 0.3 is 6.09 Å². The van der Waals surface area contributed by atoms with Crippen LogP contribution in [0.5, 0.6) is 5.75 Å². The van der Waals surface area contributed by atoms with E-state index >= 15 is 0 Å². The van der Waals surface area contributed by atoms with Gasteiger partial charge < -0.3 is 9.47 Å². The topological polar surface area (TPSA) is 69.0 Å². The molecule has 2 aromatic heterocycles. The van der Waals surface area contributed by atoms with E-state index in [0.29, 0.717) is 6.54 Å². The third-order valence-corrected chi connectivity index (χ3v) is 6.92. The summed E-state index contributed by atoms with van der Waals surface area (Å²) in [6.07, 6.45) is 6.72. The van der Waals surface area contributed by atoms with Gasteiger partial charge in [-0.15, -0.1) is 0 Å². The highest BCUT2D eigenvalue weighted by Crippen LogP contribution is 2.35. The predicted molar refractivity (Wildman–Crippen MR) is 144 cm³/mol. The van der Waals surface area contributed by atoms with Gasteiger partial charge in [0.25, 0.3) is 0 Å². The molecule has 5 aromatic rings. The van der Waals surface area contributed by atoms with Crippen LogP contribution < -0.4 is 4.74 Å². The molecule has 0 radical (unpaired) electrons. The van der Waals surface area contributed by atoms with E-state index in [4.69, 9.17) is 14.5 Å². The average molecular weight is 523 g/mol. The second-order valence-corrected chi connectivity index (χ2v) is 9.46. The number of hydrogen-bond donors (Lipinski definition) is 0. The Morgan fingerprint density at radius 3 is 2.54 bits per heavy atom. The smallest absolute Gasteiger partial charge is 0.410 e. The first-order valence-electron chi connectivity index (χ1n) is 12.9. The summed E-state index contributed by atoms with van der Waals surface area (Å²) in [6.45, 7) is 1.10. The number of carbonyl (C=O) groups is 1. The van der Waals surface area contributed by atoms with E-state index < -0.39 is 0 Å². The Labute approximate surface area is 225 Å². The fourth-order valence-electron chi connectivity index (χ4n) is 4.95. The molecule has 0 unspecified atom stereocenters. The van der Waals surface area contributed by atoms with Crippen LogP contribution in [-0.4, -0.2) is 31.9 Å². The molecule has 1 aliphatic heterocycles. The highest BCUT2D eigenvalue weighted by molar-refractivity contribution is 5.77. The summed E-state index contributed by atoms with van der Waals surface area (Å²) in [7, 11) is 0. The number of amides is 1. The van der Waals surface area contributed by atoms with Crippen molar-refractivity contribution >= 4 is 11.6 Å². The molecule has 0 saturated carbocycles. The second kappa shape index (κ2) is 10.9. The van der Waals surface area contributed by atoms with Crippen LogP contribution in [0.3, 0.4) is 0 Å². The van der Waals surface area contributed by atoms with Crippen molar-refractivity contribution in [1.29, 1.82) is 0 Å². The molecule has 1 amide bonds. The zero-order valence-electron chi connectivity index (χ0n) is 21.2. The van der Waals surface area contributed by atoms with Gasteiger partial charge in [0.1, 0.15) is 19.0 Å². The van der Waals surface area contributed by atoms with Crippen molar-refractivity contribution in [3.05, 3.63) is 120 Å². The summed E-state index contributed by atoms with van der Waals surface area (Å²) in [4.78, 5) is 24.2. The minimum Gasteiger partial charge on any atom is -0.486 e. The van der Waals surface area contributed by atoms with Crippen LogP contribution in [0, 0.1) is 5.82 Å². The molecular formula is C31H27FN4O3. The van der Waals surface area contributed by atoms with Crippen molar-refractivity contribution < 1.29 is 18.7 Å². The minimum absolute atomic E-state index is 0.203. The van der Waals surface area contributed by atoms with Gasteiger partial charge in [0.05, 0.1) is 23.4 Å². The van der Waals surface area contributed by atoms with E-state index in [1.165, 1.54) is 6.07 Å².